The predicted octanol–water partition coefficient (Wildman–Crippen LogP) is 5.54. The van der Waals surface area contributed by atoms with Gasteiger partial charge in [-0.25, -0.2) is 4.98 Å². The van der Waals surface area contributed by atoms with Crippen LogP contribution in [0.1, 0.15) is 36.8 Å². The molecule has 8 heteroatoms. The van der Waals surface area contributed by atoms with E-state index in [1.165, 1.54) is 35.6 Å². The van der Waals surface area contributed by atoms with E-state index in [4.69, 9.17) is 4.98 Å². The molecule has 196 valence electrons. The third kappa shape index (κ3) is 4.67. The zero-order valence-electron chi connectivity index (χ0n) is 22.2. The van der Waals surface area contributed by atoms with E-state index in [1.54, 1.807) is 0 Å². The molecule has 0 radical (unpaired) electrons. The number of nitrogens with zero attached hydrogens (tertiary/aromatic N) is 7. The standard InChI is InChI=1S/C31H32N8/c1-2-29-32-31-28(20-37(25-8-4-3-5-9-25)21-38(31)18-22-12-13-22)39(29)19-23-14-16-24(17-15-23)26-10-6-7-11-27(26)30-33-35-36-34-30/h3-11,14-17,22H,2,12-13,18-21H2,1H3,(H,33,34,35,36). The van der Waals surface area contributed by atoms with Crippen molar-refractivity contribution >= 4 is 11.5 Å². The zero-order valence-corrected chi connectivity index (χ0v) is 22.2. The van der Waals surface area contributed by atoms with Gasteiger partial charge in [0.25, 0.3) is 0 Å². The lowest BCUT2D eigenvalue weighted by molar-refractivity contribution is 0.615. The minimum absolute atomic E-state index is 0.603. The highest BCUT2D eigenvalue weighted by molar-refractivity contribution is 5.80. The van der Waals surface area contributed by atoms with Crippen molar-refractivity contribution in [3.05, 3.63) is 95.9 Å². The molecule has 1 N–H and O–H groups in total. The highest BCUT2D eigenvalue weighted by atomic mass is 15.5. The first-order valence-electron chi connectivity index (χ1n) is 13.8. The summed E-state index contributed by atoms with van der Waals surface area (Å²) in [6, 6.07) is 27.8. The summed E-state index contributed by atoms with van der Waals surface area (Å²) >= 11 is 0. The fourth-order valence-electron chi connectivity index (χ4n) is 5.64. The maximum Gasteiger partial charge on any atom is 0.205 e. The summed E-state index contributed by atoms with van der Waals surface area (Å²) in [7, 11) is 0. The molecule has 1 aliphatic heterocycles. The number of nitrogens with one attached hydrogen (secondary N) is 1. The molecule has 0 atom stereocenters. The molecule has 0 spiro atoms. The normalized spacial score (nSPS) is 15.0. The summed E-state index contributed by atoms with van der Waals surface area (Å²) in [5, 5.41) is 14.7. The minimum Gasteiger partial charge on any atom is -0.348 e. The van der Waals surface area contributed by atoms with Gasteiger partial charge in [0.2, 0.25) is 5.82 Å². The maximum atomic E-state index is 5.20. The average molecular weight is 517 g/mol. The van der Waals surface area contributed by atoms with Gasteiger partial charge in [0.05, 0.1) is 18.9 Å². The summed E-state index contributed by atoms with van der Waals surface area (Å²) in [5.74, 6) is 3.73. The molecule has 0 unspecified atom stereocenters. The number of para-hydroxylation sites is 1. The van der Waals surface area contributed by atoms with Crippen LogP contribution in [-0.4, -0.2) is 43.4 Å². The van der Waals surface area contributed by atoms with Gasteiger partial charge in [-0.1, -0.05) is 73.7 Å². The second-order valence-corrected chi connectivity index (χ2v) is 10.6. The molecule has 39 heavy (non-hydrogen) atoms. The molecule has 8 nitrogen and oxygen atoms in total. The maximum absolute atomic E-state index is 5.20. The molecule has 3 heterocycles. The molecule has 2 aromatic heterocycles. The van der Waals surface area contributed by atoms with E-state index in [0.717, 1.165) is 61.2 Å². The number of H-pyrrole nitrogens is 1. The number of anilines is 2. The molecule has 1 saturated carbocycles. The van der Waals surface area contributed by atoms with Crippen molar-refractivity contribution in [2.75, 3.05) is 23.0 Å². The number of aromatic nitrogens is 6. The summed E-state index contributed by atoms with van der Waals surface area (Å²) in [6.45, 7) is 5.86. The third-order valence-electron chi connectivity index (χ3n) is 7.84. The number of rotatable bonds is 8. The summed E-state index contributed by atoms with van der Waals surface area (Å²) < 4.78 is 2.45. The van der Waals surface area contributed by atoms with E-state index in [-0.39, 0.29) is 0 Å². The van der Waals surface area contributed by atoms with Crippen LogP contribution in [0.25, 0.3) is 22.5 Å². The van der Waals surface area contributed by atoms with Crippen LogP contribution in [0.2, 0.25) is 0 Å². The smallest absolute Gasteiger partial charge is 0.205 e. The highest BCUT2D eigenvalue weighted by Crippen LogP contribution is 2.37. The van der Waals surface area contributed by atoms with E-state index in [0.29, 0.717) is 5.82 Å². The Bertz CT molecular complexity index is 1550. The lowest BCUT2D eigenvalue weighted by atomic mass is 9.98. The van der Waals surface area contributed by atoms with Gasteiger partial charge in [0.1, 0.15) is 5.82 Å². The molecular formula is C31H32N8. The Balaban J connectivity index is 1.20. The number of fused-ring (bicyclic) bond motifs is 1. The number of aromatic amines is 1. The third-order valence-corrected chi connectivity index (χ3v) is 7.84. The van der Waals surface area contributed by atoms with Crippen molar-refractivity contribution < 1.29 is 0 Å². The Morgan fingerprint density at radius 2 is 1.67 bits per heavy atom. The molecule has 1 fully saturated rings. The van der Waals surface area contributed by atoms with Gasteiger partial charge in [0.15, 0.2) is 5.82 Å². The van der Waals surface area contributed by atoms with Crippen LogP contribution in [0.15, 0.2) is 78.9 Å². The topological polar surface area (TPSA) is 78.8 Å². The van der Waals surface area contributed by atoms with Crippen LogP contribution in [0.3, 0.4) is 0 Å². The number of aryl methyl sites for hydroxylation is 1. The van der Waals surface area contributed by atoms with Crippen molar-refractivity contribution in [1.29, 1.82) is 0 Å². The van der Waals surface area contributed by atoms with E-state index in [1.807, 2.05) is 18.2 Å². The predicted molar refractivity (Wildman–Crippen MR) is 153 cm³/mol. The minimum atomic E-state index is 0.603. The van der Waals surface area contributed by atoms with Crippen molar-refractivity contribution in [3.8, 4) is 22.5 Å². The SMILES string of the molecule is CCc1nc2c(n1Cc1ccc(-c3ccccc3-c3nn[nH]n3)cc1)CN(c1ccccc1)CN2CC1CC1. The van der Waals surface area contributed by atoms with Gasteiger partial charge in [0, 0.05) is 30.8 Å². The van der Waals surface area contributed by atoms with Crippen LogP contribution in [-0.2, 0) is 19.5 Å². The second kappa shape index (κ2) is 10.0. The largest absolute Gasteiger partial charge is 0.348 e. The summed E-state index contributed by atoms with van der Waals surface area (Å²) in [4.78, 5) is 10.2. The van der Waals surface area contributed by atoms with Gasteiger partial charge < -0.3 is 14.4 Å². The van der Waals surface area contributed by atoms with Crippen LogP contribution in [0, 0.1) is 5.92 Å². The van der Waals surface area contributed by atoms with Crippen LogP contribution >= 0.6 is 0 Å². The number of hydrogen-bond acceptors (Lipinski definition) is 6. The molecule has 1 aliphatic carbocycles. The number of hydrogen-bond donors (Lipinski definition) is 1. The fraction of sp³-hybridized carbons (Fsp3) is 0.290. The number of imidazole rings is 1. The zero-order chi connectivity index (χ0) is 26.2. The molecule has 0 amide bonds. The number of benzene rings is 3. The van der Waals surface area contributed by atoms with Crippen LogP contribution in [0.5, 0.6) is 0 Å². The Morgan fingerprint density at radius 1 is 0.897 bits per heavy atom. The van der Waals surface area contributed by atoms with E-state index < -0.39 is 0 Å². The first kappa shape index (κ1) is 23.6. The Kier molecular flexibility index (Phi) is 6.07. The first-order valence-corrected chi connectivity index (χ1v) is 13.8. The molecule has 7 rings (SSSR count). The van der Waals surface area contributed by atoms with Crippen LogP contribution < -0.4 is 9.80 Å². The van der Waals surface area contributed by atoms with E-state index in [9.17, 15) is 0 Å². The summed E-state index contributed by atoms with van der Waals surface area (Å²) in [5.41, 5.74) is 7.03. The van der Waals surface area contributed by atoms with Gasteiger partial charge in [-0.05, 0) is 52.8 Å². The Hall–Kier alpha value is -4.46. The molecule has 0 saturated heterocycles. The van der Waals surface area contributed by atoms with Gasteiger partial charge >= 0.3 is 0 Å². The van der Waals surface area contributed by atoms with Crippen molar-refractivity contribution in [2.45, 2.75) is 39.3 Å². The van der Waals surface area contributed by atoms with Crippen molar-refractivity contribution in [2.24, 2.45) is 5.92 Å². The quantitative estimate of drug-likeness (QED) is 0.292. The first-order chi connectivity index (χ1) is 19.3. The fourth-order valence-corrected chi connectivity index (χ4v) is 5.64. The number of tetrazole rings is 1. The molecule has 3 aromatic carbocycles. The molecule has 2 aliphatic rings. The van der Waals surface area contributed by atoms with Crippen LogP contribution in [0.4, 0.5) is 11.5 Å². The molecule has 5 aromatic rings. The Labute approximate surface area is 228 Å². The van der Waals surface area contributed by atoms with Gasteiger partial charge in [-0.15, -0.1) is 10.2 Å². The average Bonchev–Trinajstić information content (AvgIpc) is 3.49. The lowest BCUT2D eigenvalue weighted by Crippen LogP contribution is -2.44. The van der Waals surface area contributed by atoms with Crippen molar-refractivity contribution in [3.63, 3.8) is 0 Å². The van der Waals surface area contributed by atoms with Crippen molar-refractivity contribution in [1.82, 2.24) is 30.2 Å². The van der Waals surface area contributed by atoms with Gasteiger partial charge in [-0.2, -0.15) is 5.21 Å². The van der Waals surface area contributed by atoms with E-state index in [2.05, 4.69) is 103 Å². The lowest BCUT2D eigenvalue weighted by Gasteiger charge is -2.38. The summed E-state index contributed by atoms with van der Waals surface area (Å²) in [6.07, 6.45) is 3.58. The Morgan fingerprint density at radius 3 is 2.38 bits per heavy atom. The van der Waals surface area contributed by atoms with Gasteiger partial charge in [-0.3, -0.25) is 0 Å². The monoisotopic (exact) mass is 516 g/mol. The highest BCUT2D eigenvalue weighted by Gasteiger charge is 2.33. The second-order valence-electron chi connectivity index (χ2n) is 10.6. The molecule has 0 bridgehead atoms. The molecular weight excluding hydrogens is 484 g/mol. The van der Waals surface area contributed by atoms with E-state index >= 15 is 0 Å².